The van der Waals surface area contributed by atoms with Gasteiger partial charge in [0.05, 0.1) is 6.20 Å². The molecule has 8 nitrogen and oxygen atoms in total. The number of alkyl halides is 3. The summed E-state index contributed by atoms with van der Waals surface area (Å²) in [6, 6.07) is -1.16. The summed E-state index contributed by atoms with van der Waals surface area (Å²) in [5.74, 6) is -2.00. The number of fused-ring (bicyclic) bond motifs is 1. The zero-order valence-electron chi connectivity index (χ0n) is 13.8. The molecule has 0 spiro atoms. The summed E-state index contributed by atoms with van der Waals surface area (Å²) in [4.78, 5) is 30.5. The van der Waals surface area contributed by atoms with Gasteiger partial charge in [0, 0.05) is 23.3 Å². The maximum atomic E-state index is 14.0. The lowest BCUT2D eigenvalue weighted by Gasteiger charge is -2.16. The fourth-order valence-electron chi connectivity index (χ4n) is 2.25. The number of amides is 1. The van der Waals surface area contributed by atoms with Crippen molar-refractivity contribution >= 4 is 22.8 Å². The van der Waals surface area contributed by atoms with E-state index < -0.39 is 30.5 Å². The van der Waals surface area contributed by atoms with Crippen LogP contribution in [0.2, 0.25) is 0 Å². The summed E-state index contributed by atoms with van der Waals surface area (Å²) in [5, 5.41) is 4.77. The summed E-state index contributed by atoms with van der Waals surface area (Å²) >= 11 is 0. The number of halogens is 4. The third-order valence-corrected chi connectivity index (χ3v) is 3.55. The van der Waals surface area contributed by atoms with Crippen LogP contribution in [0.15, 0.2) is 24.9 Å². The Labute approximate surface area is 149 Å². The minimum Gasteiger partial charge on any atom is -0.356 e. The molecule has 0 unspecified atom stereocenters. The van der Waals surface area contributed by atoms with Crippen molar-refractivity contribution in [1.82, 2.24) is 30.2 Å². The van der Waals surface area contributed by atoms with Crippen molar-refractivity contribution in [3.63, 3.8) is 0 Å². The van der Waals surface area contributed by atoms with Gasteiger partial charge in [0.1, 0.15) is 24.6 Å². The number of rotatable bonds is 5. The third-order valence-electron chi connectivity index (χ3n) is 3.55. The first-order chi connectivity index (χ1) is 12.7. The minimum atomic E-state index is -4.54. The number of hydrogen-bond donors (Lipinski definition) is 3. The van der Waals surface area contributed by atoms with E-state index in [9.17, 15) is 22.4 Å². The molecule has 0 saturated heterocycles. The molecule has 0 fully saturated rings. The fourth-order valence-corrected chi connectivity index (χ4v) is 2.25. The summed E-state index contributed by atoms with van der Waals surface area (Å²) in [6.07, 6.45) is 0.799. The quantitative estimate of drug-likeness (QED) is 0.582. The smallest absolute Gasteiger partial charge is 0.356 e. The van der Waals surface area contributed by atoms with Gasteiger partial charge in [-0.2, -0.15) is 13.2 Å². The topological polar surface area (TPSA) is 108 Å². The van der Waals surface area contributed by atoms with Crippen molar-refractivity contribution in [3.05, 3.63) is 30.7 Å². The molecular weight excluding hydrogens is 370 g/mol. The van der Waals surface area contributed by atoms with Gasteiger partial charge in [-0.25, -0.2) is 24.3 Å². The van der Waals surface area contributed by atoms with Crippen LogP contribution in [-0.2, 0) is 4.79 Å². The van der Waals surface area contributed by atoms with E-state index in [0.29, 0.717) is 16.6 Å². The Kier molecular flexibility index (Phi) is 4.88. The van der Waals surface area contributed by atoms with Gasteiger partial charge in [0.25, 0.3) is 0 Å². The van der Waals surface area contributed by atoms with Gasteiger partial charge >= 0.3 is 6.18 Å². The molecule has 0 saturated carbocycles. The predicted octanol–water partition coefficient (Wildman–Crippen LogP) is 2.03. The molecule has 0 aliphatic rings. The standard InChI is InChI=1S/C15H13F4N7O/c1-7(14(27)23-5-15(17,18)19)25-13-10(16)4-22-12(26-13)9-3-21-11-8(9)2-20-6-24-11/h2-4,6-7H,5H2,1H3,(H,23,27)(H,20,21,24)(H,22,25,26)/t7-/m0/s1. The van der Waals surface area contributed by atoms with Gasteiger partial charge in [-0.05, 0) is 6.92 Å². The number of H-pyrrole nitrogens is 1. The Morgan fingerprint density at radius 2 is 2.07 bits per heavy atom. The first-order valence-electron chi connectivity index (χ1n) is 7.65. The SMILES string of the molecule is C[C@H](Nc1nc(-c2c[nH]c3ncncc23)ncc1F)C(=O)NCC(F)(F)F. The number of aromatic amines is 1. The number of nitrogens with one attached hydrogen (secondary N) is 3. The Morgan fingerprint density at radius 1 is 1.30 bits per heavy atom. The lowest BCUT2D eigenvalue weighted by molar-refractivity contribution is -0.138. The first-order valence-corrected chi connectivity index (χ1v) is 7.65. The Bertz CT molecular complexity index is 972. The fraction of sp³-hybridized carbons (Fsp3) is 0.267. The normalized spacial score (nSPS) is 12.8. The second-order valence-electron chi connectivity index (χ2n) is 5.58. The van der Waals surface area contributed by atoms with Gasteiger partial charge < -0.3 is 15.6 Å². The van der Waals surface area contributed by atoms with E-state index in [0.717, 1.165) is 6.20 Å². The Morgan fingerprint density at radius 3 is 2.81 bits per heavy atom. The van der Waals surface area contributed by atoms with Crippen LogP contribution in [0.5, 0.6) is 0 Å². The van der Waals surface area contributed by atoms with Gasteiger partial charge in [-0.15, -0.1) is 0 Å². The molecule has 0 bridgehead atoms. The first kappa shape index (κ1) is 18.5. The number of nitrogens with zero attached hydrogens (tertiary/aromatic N) is 4. The van der Waals surface area contributed by atoms with E-state index in [1.54, 1.807) is 11.5 Å². The van der Waals surface area contributed by atoms with Crippen molar-refractivity contribution in [2.24, 2.45) is 0 Å². The van der Waals surface area contributed by atoms with E-state index in [1.165, 1.54) is 19.4 Å². The van der Waals surface area contributed by atoms with Crippen LogP contribution in [0, 0.1) is 5.82 Å². The van der Waals surface area contributed by atoms with Gasteiger partial charge in [0.15, 0.2) is 17.5 Å². The second-order valence-corrected chi connectivity index (χ2v) is 5.58. The van der Waals surface area contributed by atoms with E-state index in [4.69, 9.17) is 0 Å². The molecule has 0 aliphatic heterocycles. The summed E-state index contributed by atoms with van der Waals surface area (Å²) in [6.45, 7) is -0.197. The highest BCUT2D eigenvalue weighted by Gasteiger charge is 2.29. The average molecular weight is 383 g/mol. The number of carbonyl (C=O) groups is 1. The highest BCUT2D eigenvalue weighted by Crippen LogP contribution is 2.25. The maximum Gasteiger partial charge on any atom is 0.405 e. The van der Waals surface area contributed by atoms with Gasteiger partial charge in [-0.1, -0.05) is 0 Å². The summed E-state index contributed by atoms with van der Waals surface area (Å²) < 4.78 is 50.5. The van der Waals surface area contributed by atoms with Crippen molar-refractivity contribution in [3.8, 4) is 11.4 Å². The molecule has 3 N–H and O–H groups in total. The van der Waals surface area contributed by atoms with Crippen LogP contribution in [0.3, 0.4) is 0 Å². The monoisotopic (exact) mass is 383 g/mol. The molecule has 142 valence electrons. The van der Waals surface area contributed by atoms with E-state index >= 15 is 0 Å². The second kappa shape index (κ2) is 7.13. The molecule has 1 amide bonds. The van der Waals surface area contributed by atoms with Crippen molar-refractivity contribution in [2.75, 3.05) is 11.9 Å². The molecule has 3 aromatic heterocycles. The summed E-state index contributed by atoms with van der Waals surface area (Å²) in [7, 11) is 0. The number of hydrogen-bond acceptors (Lipinski definition) is 6. The zero-order chi connectivity index (χ0) is 19.6. The predicted molar refractivity (Wildman–Crippen MR) is 87.0 cm³/mol. The summed E-state index contributed by atoms with van der Waals surface area (Å²) in [5.41, 5.74) is 1.03. The average Bonchev–Trinajstić information content (AvgIpc) is 3.05. The minimum absolute atomic E-state index is 0.128. The molecule has 3 aromatic rings. The molecule has 0 aromatic carbocycles. The van der Waals surface area contributed by atoms with Crippen LogP contribution in [0.25, 0.3) is 22.4 Å². The van der Waals surface area contributed by atoms with Crippen LogP contribution in [-0.4, -0.2) is 49.6 Å². The van der Waals surface area contributed by atoms with E-state index in [-0.39, 0.29) is 11.6 Å². The van der Waals surface area contributed by atoms with Crippen LogP contribution >= 0.6 is 0 Å². The molecule has 3 rings (SSSR count). The molecule has 1 atom stereocenters. The number of carbonyl (C=O) groups excluding carboxylic acids is 1. The van der Waals surface area contributed by atoms with Crippen LogP contribution in [0.1, 0.15) is 6.92 Å². The molecule has 0 aliphatic carbocycles. The highest BCUT2D eigenvalue weighted by atomic mass is 19.4. The van der Waals surface area contributed by atoms with E-state index in [1.807, 2.05) is 0 Å². The lowest BCUT2D eigenvalue weighted by atomic mass is 10.2. The van der Waals surface area contributed by atoms with E-state index in [2.05, 4.69) is 30.2 Å². The largest absolute Gasteiger partial charge is 0.405 e. The highest BCUT2D eigenvalue weighted by molar-refractivity contribution is 5.91. The van der Waals surface area contributed by atoms with Crippen molar-refractivity contribution < 1.29 is 22.4 Å². The number of anilines is 1. The zero-order valence-corrected chi connectivity index (χ0v) is 13.8. The van der Waals surface area contributed by atoms with Gasteiger partial charge in [-0.3, -0.25) is 4.79 Å². The molecule has 3 heterocycles. The Balaban J connectivity index is 1.80. The van der Waals surface area contributed by atoms with Crippen LogP contribution in [0.4, 0.5) is 23.4 Å². The molecule has 27 heavy (non-hydrogen) atoms. The van der Waals surface area contributed by atoms with Gasteiger partial charge in [0.2, 0.25) is 5.91 Å². The van der Waals surface area contributed by atoms with Crippen LogP contribution < -0.4 is 10.6 Å². The maximum absolute atomic E-state index is 14.0. The molecule has 12 heteroatoms. The number of aromatic nitrogens is 5. The van der Waals surface area contributed by atoms with Crippen molar-refractivity contribution in [2.45, 2.75) is 19.1 Å². The lowest BCUT2D eigenvalue weighted by Crippen LogP contribution is -2.42. The van der Waals surface area contributed by atoms with Crippen molar-refractivity contribution in [1.29, 1.82) is 0 Å². The third kappa shape index (κ3) is 4.27. The molecule has 0 radical (unpaired) electrons. The molecular formula is C15H13F4N7O. The Hall–Kier alpha value is -3.31.